The molecule has 10 nitrogen and oxygen atoms in total. The molecule has 3 atom stereocenters. The van der Waals surface area contributed by atoms with Gasteiger partial charge in [-0.2, -0.15) is 14.5 Å². The lowest BCUT2D eigenvalue weighted by Gasteiger charge is -2.25. The van der Waals surface area contributed by atoms with E-state index in [0.29, 0.717) is 36.2 Å². The Morgan fingerprint density at radius 1 is 1.24 bits per heavy atom. The van der Waals surface area contributed by atoms with Crippen LogP contribution in [0, 0.1) is 5.95 Å². The first-order valence-electron chi connectivity index (χ1n) is 11.6. The predicted molar refractivity (Wildman–Crippen MR) is 122 cm³/mol. The van der Waals surface area contributed by atoms with E-state index >= 15 is 0 Å². The van der Waals surface area contributed by atoms with Crippen LogP contribution < -0.4 is 15.5 Å². The molecule has 34 heavy (non-hydrogen) atoms. The van der Waals surface area contributed by atoms with Crippen LogP contribution in [0.15, 0.2) is 24.4 Å². The summed E-state index contributed by atoms with van der Waals surface area (Å²) < 4.78 is 13.1. The monoisotopic (exact) mass is 464 g/mol. The van der Waals surface area contributed by atoms with Crippen LogP contribution in [0.1, 0.15) is 48.6 Å². The fourth-order valence-electron chi connectivity index (χ4n) is 4.83. The van der Waals surface area contributed by atoms with E-state index in [1.54, 1.807) is 0 Å². The van der Waals surface area contributed by atoms with Crippen LogP contribution in [0.4, 0.5) is 27.7 Å². The first-order valence-corrected chi connectivity index (χ1v) is 11.6. The van der Waals surface area contributed by atoms with Crippen LogP contribution in [-0.2, 0) is 17.6 Å². The van der Waals surface area contributed by atoms with Gasteiger partial charge in [0.1, 0.15) is 11.9 Å². The topological polar surface area (TPSA) is 132 Å². The summed E-state index contributed by atoms with van der Waals surface area (Å²) in [5.41, 5.74) is 3.44. The summed E-state index contributed by atoms with van der Waals surface area (Å²) >= 11 is 0. The lowest BCUT2D eigenvalue weighted by atomic mass is 10.2. The molecule has 0 aromatic carbocycles. The summed E-state index contributed by atoms with van der Waals surface area (Å²) in [6, 6.07) is 4.19. The third kappa shape index (κ3) is 3.96. The molecular weight excluding hydrogens is 439 g/mol. The molecule has 1 aliphatic heterocycles. The second kappa shape index (κ2) is 8.32. The number of carbonyl (C=O) groups is 1. The second-order valence-electron chi connectivity index (χ2n) is 9.10. The number of nitrogens with one attached hydrogen (secondary N) is 3. The first-order chi connectivity index (χ1) is 16.5. The summed E-state index contributed by atoms with van der Waals surface area (Å²) in [5, 5.41) is 23.2. The molecule has 1 saturated carbocycles. The zero-order valence-corrected chi connectivity index (χ0v) is 18.5. The molecule has 1 amide bonds. The summed E-state index contributed by atoms with van der Waals surface area (Å²) in [6.07, 6.45) is 6.03. The zero-order valence-electron chi connectivity index (χ0n) is 18.5. The fraction of sp³-hybridized carbons (Fsp3) is 0.435. The van der Waals surface area contributed by atoms with Crippen molar-refractivity contribution in [2.24, 2.45) is 0 Å². The van der Waals surface area contributed by atoms with Crippen molar-refractivity contribution in [3.05, 3.63) is 47.3 Å². The lowest BCUT2D eigenvalue weighted by Crippen LogP contribution is -2.40. The summed E-state index contributed by atoms with van der Waals surface area (Å²) in [7, 11) is 0. The fourth-order valence-corrected chi connectivity index (χ4v) is 4.83. The Hall–Kier alpha value is -3.60. The number of rotatable bonds is 6. The highest BCUT2D eigenvalue weighted by atomic mass is 19.1. The van der Waals surface area contributed by atoms with Crippen molar-refractivity contribution < 1.29 is 14.3 Å². The molecule has 6 rings (SSSR count). The molecule has 0 radical (unpaired) electrons. The Bertz CT molecular complexity index is 1230. The van der Waals surface area contributed by atoms with Crippen molar-refractivity contribution in [2.75, 3.05) is 22.1 Å². The van der Waals surface area contributed by atoms with E-state index in [4.69, 9.17) is 9.97 Å². The average molecular weight is 465 g/mol. The van der Waals surface area contributed by atoms with E-state index in [9.17, 15) is 14.3 Å². The van der Waals surface area contributed by atoms with Crippen molar-refractivity contribution in [3.63, 3.8) is 0 Å². The molecule has 3 aromatic heterocycles. The number of aliphatic hydroxyl groups excluding tert-OH is 1. The van der Waals surface area contributed by atoms with Gasteiger partial charge in [-0.15, -0.1) is 0 Å². The molecule has 0 spiro atoms. The number of aryl methyl sites for hydroxylation is 1. The molecule has 1 unspecified atom stereocenters. The number of aromatic nitrogens is 5. The minimum Gasteiger partial charge on any atom is -0.392 e. The maximum Gasteiger partial charge on any atom is 0.247 e. The maximum atomic E-state index is 13.1. The first kappa shape index (κ1) is 21.0. The van der Waals surface area contributed by atoms with Gasteiger partial charge in [-0.25, -0.2) is 9.97 Å². The standard InChI is InChI=1S/C23H25FN8O2/c24-19-7-6-12(11-25-19)26-22(34)17-5-2-8-32(17)23-27-15-4-1-3-13(15)21(29-23)28-20-10-16(30-31-20)14-9-18(14)33/h6-7,10-11,14,17-18,33H,1-5,8-9H2,(H,26,34)(H2,27,28,29,30,31)/t14-,17+,18?/m1/s1. The second-order valence-corrected chi connectivity index (χ2v) is 9.10. The largest absolute Gasteiger partial charge is 0.392 e. The van der Waals surface area contributed by atoms with Gasteiger partial charge in [-0.3, -0.25) is 9.89 Å². The maximum absolute atomic E-state index is 13.1. The summed E-state index contributed by atoms with van der Waals surface area (Å²) in [5.74, 6) is 1.21. The van der Waals surface area contributed by atoms with Crippen molar-refractivity contribution >= 4 is 29.2 Å². The predicted octanol–water partition coefficient (Wildman–Crippen LogP) is 2.42. The summed E-state index contributed by atoms with van der Waals surface area (Å²) in [6.45, 7) is 0.671. The van der Waals surface area contributed by atoms with Gasteiger partial charge < -0.3 is 20.6 Å². The van der Waals surface area contributed by atoms with Crippen molar-refractivity contribution in [3.8, 4) is 0 Å². The number of H-pyrrole nitrogens is 1. The van der Waals surface area contributed by atoms with Crippen LogP contribution in [0.25, 0.3) is 0 Å². The highest BCUT2D eigenvalue weighted by molar-refractivity contribution is 5.96. The lowest BCUT2D eigenvalue weighted by molar-refractivity contribution is -0.117. The normalized spacial score (nSPS) is 23.1. The van der Waals surface area contributed by atoms with Gasteiger partial charge in [0.2, 0.25) is 17.8 Å². The van der Waals surface area contributed by atoms with E-state index in [0.717, 1.165) is 49.1 Å². The van der Waals surface area contributed by atoms with E-state index < -0.39 is 12.0 Å². The van der Waals surface area contributed by atoms with Gasteiger partial charge in [-0.05, 0) is 50.7 Å². The van der Waals surface area contributed by atoms with Crippen molar-refractivity contribution in [1.82, 2.24) is 25.1 Å². The van der Waals surface area contributed by atoms with Gasteiger partial charge in [0.05, 0.1) is 23.7 Å². The minimum atomic E-state index is -0.593. The Balaban J connectivity index is 1.24. The molecule has 11 heteroatoms. The highest BCUT2D eigenvalue weighted by Crippen LogP contribution is 2.40. The molecule has 3 aromatic rings. The smallest absolute Gasteiger partial charge is 0.247 e. The molecule has 1 saturated heterocycles. The Morgan fingerprint density at radius 2 is 2.12 bits per heavy atom. The molecule has 2 fully saturated rings. The molecule has 2 aliphatic carbocycles. The molecule has 4 heterocycles. The Kier molecular flexibility index (Phi) is 5.13. The number of nitrogens with zero attached hydrogens (tertiary/aromatic N) is 5. The molecular formula is C23H25FN8O2. The van der Waals surface area contributed by atoms with Gasteiger partial charge in [-0.1, -0.05) is 0 Å². The Morgan fingerprint density at radius 3 is 2.91 bits per heavy atom. The van der Waals surface area contributed by atoms with Crippen LogP contribution in [0.2, 0.25) is 0 Å². The number of amides is 1. The highest BCUT2D eigenvalue weighted by Gasteiger charge is 2.38. The quantitative estimate of drug-likeness (QED) is 0.409. The van der Waals surface area contributed by atoms with Gasteiger partial charge >= 0.3 is 0 Å². The zero-order chi connectivity index (χ0) is 23.2. The summed E-state index contributed by atoms with van der Waals surface area (Å²) in [4.78, 5) is 28.2. The number of hydrogen-bond acceptors (Lipinski definition) is 8. The number of carbonyl (C=O) groups excluding carboxylic acids is 1. The van der Waals surface area contributed by atoms with E-state index in [1.807, 2.05) is 11.0 Å². The number of anilines is 4. The van der Waals surface area contributed by atoms with Crippen LogP contribution in [0.3, 0.4) is 0 Å². The number of fused-ring (bicyclic) bond motifs is 1. The van der Waals surface area contributed by atoms with E-state index in [2.05, 4.69) is 25.8 Å². The number of hydrogen-bond donors (Lipinski definition) is 4. The molecule has 4 N–H and O–H groups in total. The van der Waals surface area contributed by atoms with Crippen LogP contribution in [0.5, 0.6) is 0 Å². The Labute approximate surface area is 195 Å². The van der Waals surface area contributed by atoms with Gasteiger partial charge in [0.15, 0.2) is 5.82 Å². The SMILES string of the molecule is O=C(Nc1ccc(F)nc1)[C@@H]1CCCN1c1nc2c(c(Nc3cc([C@H]4CC4O)[nH]n3)n1)CCC2. The average Bonchev–Trinajstić information content (AvgIpc) is 3.29. The minimum absolute atomic E-state index is 0.120. The molecule has 176 valence electrons. The van der Waals surface area contributed by atoms with Crippen molar-refractivity contribution in [2.45, 2.75) is 56.6 Å². The third-order valence-corrected chi connectivity index (χ3v) is 6.73. The van der Waals surface area contributed by atoms with Crippen LogP contribution in [-0.4, -0.2) is 54.9 Å². The van der Waals surface area contributed by atoms with Gasteiger partial charge in [0.25, 0.3) is 0 Å². The van der Waals surface area contributed by atoms with Crippen molar-refractivity contribution in [1.29, 1.82) is 0 Å². The number of aliphatic hydroxyl groups is 1. The third-order valence-electron chi connectivity index (χ3n) is 6.73. The number of aromatic amines is 1. The molecule has 3 aliphatic rings. The van der Waals surface area contributed by atoms with E-state index in [1.165, 1.54) is 18.3 Å². The molecule has 0 bridgehead atoms. The van der Waals surface area contributed by atoms with E-state index in [-0.39, 0.29) is 17.9 Å². The number of pyridine rings is 1. The van der Waals surface area contributed by atoms with Gasteiger partial charge in [0, 0.05) is 29.8 Å². The van der Waals surface area contributed by atoms with Crippen LogP contribution >= 0.6 is 0 Å². The number of halogens is 1.